The van der Waals surface area contributed by atoms with E-state index < -0.39 is 5.97 Å². The Labute approximate surface area is 140 Å². The van der Waals surface area contributed by atoms with Crippen molar-refractivity contribution < 1.29 is 19.1 Å². The van der Waals surface area contributed by atoms with E-state index in [9.17, 15) is 9.59 Å². The van der Waals surface area contributed by atoms with Crippen molar-refractivity contribution in [2.45, 2.75) is 13.3 Å². The second-order valence-corrected chi connectivity index (χ2v) is 5.83. The number of carbonyl (C=O) groups is 2. The van der Waals surface area contributed by atoms with Gasteiger partial charge in [-0.2, -0.15) is 0 Å². The summed E-state index contributed by atoms with van der Waals surface area (Å²) in [6.45, 7) is 2.22. The SMILES string of the molecule is COC(=O)c1ccc(C)c(NC(=O)C2COc3ccccc3C2)c1. The second kappa shape index (κ2) is 6.74. The third kappa shape index (κ3) is 3.25. The van der Waals surface area contributed by atoms with Gasteiger partial charge in [0.15, 0.2) is 0 Å². The van der Waals surface area contributed by atoms with Gasteiger partial charge in [0.25, 0.3) is 0 Å². The summed E-state index contributed by atoms with van der Waals surface area (Å²) in [5.41, 5.74) is 2.93. The van der Waals surface area contributed by atoms with Crippen molar-refractivity contribution in [1.82, 2.24) is 0 Å². The first-order valence-electron chi connectivity index (χ1n) is 7.79. The third-order valence-electron chi connectivity index (χ3n) is 4.17. The number of para-hydroxylation sites is 1. The number of methoxy groups -OCH3 is 1. The molecule has 0 saturated heterocycles. The highest BCUT2D eigenvalue weighted by atomic mass is 16.5. The highest BCUT2D eigenvalue weighted by Crippen LogP contribution is 2.28. The van der Waals surface area contributed by atoms with Crippen molar-refractivity contribution in [3.8, 4) is 5.75 Å². The Hall–Kier alpha value is -2.82. The molecule has 0 fully saturated rings. The summed E-state index contributed by atoms with van der Waals surface area (Å²) in [4.78, 5) is 24.2. The Morgan fingerprint density at radius 2 is 2.00 bits per heavy atom. The molecule has 1 aliphatic rings. The average molecular weight is 325 g/mol. The Kier molecular flexibility index (Phi) is 4.51. The zero-order chi connectivity index (χ0) is 17.1. The van der Waals surface area contributed by atoms with Gasteiger partial charge in [0.2, 0.25) is 5.91 Å². The number of esters is 1. The second-order valence-electron chi connectivity index (χ2n) is 5.83. The van der Waals surface area contributed by atoms with Crippen LogP contribution >= 0.6 is 0 Å². The van der Waals surface area contributed by atoms with Gasteiger partial charge in [0.05, 0.1) is 18.6 Å². The number of amides is 1. The van der Waals surface area contributed by atoms with Crippen LogP contribution in [0.15, 0.2) is 42.5 Å². The van der Waals surface area contributed by atoms with E-state index >= 15 is 0 Å². The molecule has 1 amide bonds. The number of anilines is 1. The molecule has 0 bridgehead atoms. The van der Waals surface area contributed by atoms with Crippen LogP contribution in [0.25, 0.3) is 0 Å². The number of nitrogens with one attached hydrogen (secondary N) is 1. The van der Waals surface area contributed by atoms with E-state index in [1.807, 2.05) is 31.2 Å². The highest BCUT2D eigenvalue weighted by Gasteiger charge is 2.26. The van der Waals surface area contributed by atoms with Crippen LogP contribution < -0.4 is 10.1 Å². The largest absolute Gasteiger partial charge is 0.492 e. The number of carbonyl (C=O) groups excluding carboxylic acids is 2. The smallest absolute Gasteiger partial charge is 0.337 e. The molecule has 5 nitrogen and oxygen atoms in total. The highest BCUT2D eigenvalue weighted by molar-refractivity contribution is 5.96. The Balaban J connectivity index is 1.75. The van der Waals surface area contributed by atoms with Crippen LogP contribution in [0, 0.1) is 12.8 Å². The summed E-state index contributed by atoms with van der Waals surface area (Å²) in [6.07, 6.45) is 0.637. The summed E-state index contributed by atoms with van der Waals surface area (Å²) >= 11 is 0. The van der Waals surface area contributed by atoms with E-state index in [1.54, 1.807) is 18.2 Å². The molecule has 24 heavy (non-hydrogen) atoms. The molecule has 3 rings (SSSR count). The van der Waals surface area contributed by atoms with Crippen LogP contribution in [0.1, 0.15) is 21.5 Å². The van der Waals surface area contributed by atoms with Gasteiger partial charge in [-0.25, -0.2) is 4.79 Å². The molecule has 2 aromatic rings. The van der Waals surface area contributed by atoms with Crippen LogP contribution in [-0.2, 0) is 16.0 Å². The van der Waals surface area contributed by atoms with Crippen molar-refractivity contribution in [1.29, 1.82) is 0 Å². The maximum absolute atomic E-state index is 12.6. The molecule has 0 spiro atoms. The lowest BCUT2D eigenvalue weighted by molar-refractivity contribution is -0.121. The normalized spacial score (nSPS) is 15.8. The average Bonchev–Trinajstić information content (AvgIpc) is 2.62. The molecular weight excluding hydrogens is 306 g/mol. The maximum atomic E-state index is 12.6. The number of hydrogen-bond donors (Lipinski definition) is 1. The van der Waals surface area contributed by atoms with Gasteiger partial charge < -0.3 is 14.8 Å². The molecule has 1 atom stereocenters. The molecule has 1 heterocycles. The topological polar surface area (TPSA) is 64.6 Å². The summed E-state index contributed by atoms with van der Waals surface area (Å²) in [5, 5.41) is 2.90. The zero-order valence-electron chi connectivity index (χ0n) is 13.7. The minimum Gasteiger partial charge on any atom is -0.492 e. The first-order valence-corrected chi connectivity index (χ1v) is 7.79. The van der Waals surface area contributed by atoms with Crippen molar-refractivity contribution in [2.75, 3.05) is 19.0 Å². The standard InChI is InChI=1S/C19H19NO4/c1-12-7-8-14(19(22)23-2)10-16(12)20-18(21)15-9-13-5-3-4-6-17(13)24-11-15/h3-8,10,15H,9,11H2,1-2H3,(H,20,21). The maximum Gasteiger partial charge on any atom is 0.337 e. The van der Waals surface area contributed by atoms with Gasteiger partial charge in [0, 0.05) is 5.69 Å². The summed E-state index contributed by atoms with van der Waals surface area (Å²) < 4.78 is 10.4. The van der Waals surface area contributed by atoms with Crippen molar-refractivity contribution in [3.63, 3.8) is 0 Å². The number of benzene rings is 2. The molecular formula is C19H19NO4. The fourth-order valence-corrected chi connectivity index (χ4v) is 2.73. The summed E-state index contributed by atoms with van der Waals surface area (Å²) in [7, 11) is 1.33. The van der Waals surface area contributed by atoms with E-state index in [-0.39, 0.29) is 11.8 Å². The molecule has 0 radical (unpaired) electrons. The van der Waals surface area contributed by atoms with E-state index in [2.05, 4.69) is 5.32 Å². The van der Waals surface area contributed by atoms with Gasteiger partial charge in [-0.3, -0.25) is 4.79 Å². The first-order chi connectivity index (χ1) is 11.6. The molecule has 0 saturated carbocycles. The predicted octanol–water partition coefficient (Wildman–Crippen LogP) is 2.97. The fourth-order valence-electron chi connectivity index (χ4n) is 2.73. The van der Waals surface area contributed by atoms with E-state index in [1.165, 1.54) is 7.11 Å². The number of ether oxygens (including phenoxy) is 2. The van der Waals surface area contributed by atoms with E-state index in [4.69, 9.17) is 9.47 Å². The number of aryl methyl sites for hydroxylation is 1. The molecule has 1 aliphatic heterocycles. The molecule has 0 aliphatic carbocycles. The number of rotatable bonds is 3. The van der Waals surface area contributed by atoms with Crippen molar-refractivity contribution >= 4 is 17.6 Å². The number of fused-ring (bicyclic) bond motifs is 1. The van der Waals surface area contributed by atoms with Crippen LogP contribution in [0.3, 0.4) is 0 Å². The third-order valence-corrected chi connectivity index (χ3v) is 4.17. The van der Waals surface area contributed by atoms with Gasteiger partial charge >= 0.3 is 5.97 Å². The number of hydrogen-bond acceptors (Lipinski definition) is 4. The monoisotopic (exact) mass is 325 g/mol. The quantitative estimate of drug-likeness (QED) is 0.881. The summed E-state index contributed by atoms with van der Waals surface area (Å²) in [6, 6.07) is 12.8. The van der Waals surface area contributed by atoms with Crippen LogP contribution in [0.4, 0.5) is 5.69 Å². The van der Waals surface area contributed by atoms with Gasteiger partial charge in [-0.05, 0) is 42.7 Å². The molecule has 5 heteroatoms. The Morgan fingerprint density at radius 3 is 2.79 bits per heavy atom. The Bertz CT molecular complexity index is 785. The lowest BCUT2D eigenvalue weighted by Gasteiger charge is -2.24. The predicted molar refractivity (Wildman–Crippen MR) is 90.3 cm³/mol. The Morgan fingerprint density at radius 1 is 1.21 bits per heavy atom. The minimum atomic E-state index is -0.430. The zero-order valence-corrected chi connectivity index (χ0v) is 13.7. The molecule has 124 valence electrons. The molecule has 2 aromatic carbocycles. The van der Waals surface area contributed by atoms with E-state index in [0.29, 0.717) is 24.3 Å². The summed E-state index contributed by atoms with van der Waals surface area (Å²) in [5.74, 6) is 0.0292. The van der Waals surface area contributed by atoms with Gasteiger partial charge in [-0.15, -0.1) is 0 Å². The first kappa shape index (κ1) is 16.1. The lowest BCUT2D eigenvalue weighted by Crippen LogP contribution is -2.32. The fraction of sp³-hybridized carbons (Fsp3) is 0.263. The van der Waals surface area contributed by atoms with Crippen LogP contribution in [0.5, 0.6) is 5.75 Å². The molecule has 1 unspecified atom stereocenters. The minimum absolute atomic E-state index is 0.116. The van der Waals surface area contributed by atoms with Crippen molar-refractivity contribution in [3.05, 3.63) is 59.2 Å². The van der Waals surface area contributed by atoms with Gasteiger partial charge in [-0.1, -0.05) is 24.3 Å². The molecule has 0 aromatic heterocycles. The molecule has 1 N–H and O–H groups in total. The van der Waals surface area contributed by atoms with Gasteiger partial charge in [0.1, 0.15) is 12.4 Å². The lowest BCUT2D eigenvalue weighted by atomic mass is 9.96. The van der Waals surface area contributed by atoms with Crippen LogP contribution in [0.2, 0.25) is 0 Å². The van der Waals surface area contributed by atoms with Crippen LogP contribution in [-0.4, -0.2) is 25.6 Å². The van der Waals surface area contributed by atoms with E-state index in [0.717, 1.165) is 16.9 Å². The van der Waals surface area contributed by atoms with Crippen molar-refractivity contribution in [2.24, 2.45) is 5.92 Å².